The van der Waals surface area contributed by atoms with E-state index in [0.29, 0.717) is 5.92 Å². The van der Waals surface area contributed by atoms with Gasteiger partial charge in [-0.05, 0) is 53.8 Å². The first-order chi connectivity index (χ1) is 7.52. The van der Waals surface area contributed by atoms with Crippen molar-refractivity contribution in [3.8, 4) is 0 Å². The van der Waals surface area contributed by atoms with Crippen LogP contribution in [0.3, 0.4) is 0 Å². The van der Waals surface area contributed by atoms with Crippen LogP contribution in [0.5, 0.6) is 0 Å². The van der Waals surface area contributed by atoms with Gasteiger partial charge in [-0.1, -0.05) is 39.0 Å². The van der Waals surface area contributed by atoms with Crippen molar-refractivity contribution in [1.82, 2.24) is 0 Å². The third-order valence-electron chi connectivity index (χ3n) is 3.73. The first-order valence-electron chi connectivity index (χ1n) is 6.36. The number of hydrogen-bond acceptors (Lipinski definition) is 1. The van der Waals surface area contributed by atoms with Crippen molar-refractivity contribution in [3.05, 3.63) is 34.9 Å². The molecule has 0 saturated heterocycles. The van der Waals surface area contributed by atoms with Crippen molar-refractivity contribution in [2.75, 3.05) is 6.54 Å². The normalized spacial score (nSPS) is 20.6. The summed E-state index contributed by atoms with van der Waals surface area (Å²) >= 11 is 0. The first kappa shape index (κ1) is 11.7. The van der Waals surface area contributed by atoms with Crippen LogP contribution in [0.4, 0.5) is 0 Å². The van der Waals surface area contributed by atoms with Crippen LogP contribution >= 0.6 is 0 Å². The maximum Gasteiger partial charge on any atom is -0.000813 e. The molecular weight excluding hydrogens is 194 g/mol. The van der Waals surface area contributed by atoms with Crippen LogP contribution in [0, 0.1) is 0 Å². The van der Waals surface area contributed by atoms with E-state index < -0.39 is 0 Å². The maximum absolute atomic E-state index is 5.84. The molecule has 0 aromatic heterocycles. The summed E-state index contributed by atoms with van der Waals surface area (Å²) in [4.78, 5) is 0. The molecule has 16 heavy (non-hydrogen) atoms. The van der Waals surface area contributed by atoms with Crippen LogP contribution < -0.4 is 5.73 Å². The van der Waals surface area contributed by atoms with E-state index in [1.165, 1.54) is 36.0 Å². The highest BCUT2D eigenvalue weighted by Crippen LogP contribution is 2.33. The Morgan fingerprint density at radius 2 is 2.06 bits per heavy atom. The van der Waals surface area contributed by atoms with Gasteiger partial charge in [0, 0.05) is 0 Å². The van der Waals surface area contributed by atoms with Gasteiger partial charge in [0.2, 0.25) is 0 Å². The quantitative estimate of drug-likeness (QED) is 0.767. The van der Waals surface area contributed by atoms with E-state index in [0.717, 1.165) is 6.54 Å². The molecule has 0 saturated carbocycles. The van der Waals surface area contributed by atoms with Crippen LogP contribution in [0.1, 0.15) is 56.2 Å². The molecule has 1 unspecified atom stereocenters. The smallest absolute Gasteiger partial charge is 0.000813 e. The van der Waals surface area contributed by atoms with Gasteiger partial charge >= 0.3 is 0 Å². The minimum atomic E-state index is 0.255. The Labute approximate surface area is 99.0 Å². The lowest BCUT2D eigenvalue weighted by Gasteiger charge is -2.27. The topological polar surface area (TPSA) is 26.0 Å². The van der Waals surface area contributed by atoms with Crippen molar-refractivity contribution in [3.63, 3.8) is 0 Å². The molecule has 0 amide bonds. The molecule has 1 aromatic rings. The minimum absolute atomic E-state index is 0.255. The molecule has 1 aromatic carbocycles. The lowest BCUT2D eigenvalue weighted by molar-refractivity contribution is 0.552. The molecule has 0 aliphatic heterocycles. The molecule has 1 aliphatic carbocycles. The van der Waals surface area contributed by atoms with E-state index in [2.05, 4.69) is 39.0 Å². The van der Waals surface area contributed by atoms with Crippen molar-refractivity contribution in [1.29, 1.82) is 0 Å². The van der Waals surface area contributed by atoms with E-state index >= 15 is 0 Å². The maximum atomic E-state index is 5.84. The average Bonchev–Trinajstić information content (AvgIpc) is 2.26. The summed E-state index contributed by atoms with van der Waals surface area (Å²) in [7, 11) is 0. The van der Waals surface area contributed by atoms with Crippen LogP contribution in [0.15, 0.2) is 18.2 Å². The zero-order chi connectivity index (χ0) is 11.8. The monoisotopic (exact) mass is 217 g/mol. The Morgan fingerprint density at radius 1 is 1.31 bits per heavy atom. The molecular formula is C15H23N. The van der Waals surface area contributed by atoms with E-state index in [-0.39, 0.29) is 5.41 Å². The molecule has 0 bridgehead atoms. The molecule has 1 atom stereocenters. The highest BCUT2D eigenvalue weighted by Gasteiger charge is 2.21. The Balaban J connectivity index is 2.39. The van der Waals surface area contributed by atoms with E-state index in [4.69, 9.17) is 5.73 Å². The van der Waals surface area contributed by atoms with Crippen LogP contribution in [0.25, 0.3) is 0 Å². The molecule has 0 spiro atoms. The minimum Gasteiger partial charge on any atom is -0.330 e. The van der Waals surface area contributed by atoms with Crippen molar-refractivity contribution in [2.45, 2.75) is 51.4 Å². The second-order valence-electron chi connectivity index (χ2n) is 5.99. The van der Waals surface area contributed by atoms with Gasteiger partial charge in [0.1, 0.15) is 0 Å². The fourth-order valence-electron chi connectivity index (χ4n) is 2.63. The zero-order valence-electron chi connectivity index (χ0n) is 10.7. The first-order valence-corrected chi connectivity index (χ1v) is 6.36. The van der Waals surface area contributed by atoms with E-state index in [1.54, 1.807) is 0 Å². The highest BCUT2D eigenvalue weighted by atomic mass is 14.6. The molecule has 0 radical (unpaired) electrons. The van der Waals surface area contributed by atoms with Crippen LogP contribution in [-0.4, -0.2) is 6.54 Å². The summed E-state index contributed by atoms with van der Waals surface area (Å²) < 4.78 is 0. The van der Waals surface area contributed by atoms with Gasteiger partial charge in [0.05, 0.1) is 0 Å². The van der Waals surface area contributed by atoms with E-state index in [1.807, 2.05) is 0 Å². The van der Waals surface area contributed by atoms with Gasteiger partial charge in [0.25, 0.3) is 0 Å². The second kappa shape index (κ2) is 4.21. The molecule has 2 N–H and O–H groups in total. The molecule has 0 fully saturated rings. The lowest BCUT2D eigenvalue weighted by atomic mass is 9.78. The van der Waals surface area contributed by atoms with Gasteiger partial charge in [-0.25, -0.2) is 0 Å². The number of benzene rings is 1. The Hall–Kier alpha value is -0.820. The van der Waals surface area contributed by atoms with Crippen LogP contribution in [0.2, 0.25) is 0 Å². The van der Waals surface area contributed by atoms with Gasteiger partial charge in [-0.2, -0.15) is 0 Å². The summed E-state index contributed by atoms with van der Waals surface area (Å²) in [5.41, 5.74) is 10.6. The highest BCUT2D eigenvalue weighted by molar-refractivity contribution is 5.39. The average molecular weight is 217 g/mol. The summed E-state index contributed by atoms with van der Waals surface area (Å²) in [5, 5.41) is 0. The van der Waals surface area contributed by atoms with Gasteiger partial charge in [-0.15, -0.1) is 0 Å². The molecule has 1 nitrogen and oxygen atoms in total. The van der Waals surface area contributed by atoms with Crippen molar-refractivity contribution in [2.24, 2.45) is 5.73 Å². The fourth-order valence-corrected chi connectivity index (χ4v) is 2.63. The lowest BCUT2D eigenvalue weighted by Crippen LogP contribution is -2.19. The molecule has 0 heterocycles. The molecule has 1 aliphatic rings. The number of nitrogens with two attached hydrogens (primary N) is 1. The summed E-state index contributed by atoms with van der Waals surface area (Å²) in [5.74, 6) is 0.595. The number of hydrogen-bond donors (Lipinski definition) is 1. The Bertz CT molecular complexity index is 374. The predicted octanol–water partition coefficient (Wildman–Crippen LogP) is 3.36. The third-order valence-corrected chi connectivity index (χ3v) is 3.73. The largest absolute Gasteiger partial charge is 0.330 e. The summed E-state index contributed by atoms with van der Waals surface area (Å²) in [6, 6.07) is 7.00. The van der Waals surface area contributed by atoms with E-state index in [9.17, 15) is 0 Å². The number of aryl methyl sites for hydroxylation is 1. The second-order valence-corrected chi connectivity index (χ2v) is 5.99. The SMILES string of the molecule is CC(C)(C)c1ccc2c(c1)CCCC2CN. The Kier molecular flexibility index (Phi) is 3.07. The number of rotatable bonds is 1. The van der Waals surface area contributed by atoms with Gasteiger partial charge in [0.15, 0.2) is 0 Å². The molecule has 88 valence electrons. The van der Waals surface area contributed by atoms with Crippen LogP contribution in [-0.2, 0) is 11.8 Å². The van der Waals surface area contributed by atoms with Gasteiger partial charge in [-0.3, -0.25) is 0 Å². The zero-order valence-corrected chi connectivity index (χ0v) is 10.7. The third kappa shape index (κ3) is 2.15. The fraction of sp³-hybridized carbons (Fsp3) is 0.600. The standard InChI is InChI=1S/C15H23N/c1-15(2,3)13-7-8-14-11(9-13)5-4-6-12(14)10-16/h7-9,12H,4-6,10,16H2,1-3H3. The predicted molar refractivity (Wildman–Crippen MR) is 69.9 cm³/mol. The summed E-state index contributed by atoms with van der Waals surface area (Å²) in [6.45, 7) is 7.62. The number of fused-ring (bicyclic) bond motifs is 1. The molecule has 1 heteroatoms. The summed E-state index contributed by atoms with van der Waals surface area (Å²) in [6.07, 6.45) is 3.79. The molecule has 2 rings (SSSR count). The van der Waals surface area contributed by atoms with Crippen molar-refractivity contribution >= 4 is 0 Å². The Morgan fingerprint density at radius 3 is 2.69 bits per heavy atom. The van der Waals surface area contributed by atoms with Gasteiger partial charge < -0.3 is 5.73 Å². The van der Waals surface area contributed by atoms with Crippen molar-refractivity contribution < 1.29 is 0 Å².